The molecular formula is C11H15FN2. The van der Waals surface area contributed by atoms with Gasteiger partial charge in [0.25, 0.3) is 0 Å². The van der Waals surface area contributed by atoms with Gasteiger partial charge < -0.3 is 10.6 Å². The van der Waals surface area contributed by atoms with Crippen LogP contribution >= 0.6 is 0 Å². The topological polar surface area (TPSA) is 29.3 Å². The van der Waals surface area contributed by atoms with E-state index in [1.54, 1.807) is 19.1 Å². The average molecular weight is 194 g/mol. The molecule has 0 saturated heterocycles. The Hall–Kier alpha value is -1.51. The van der Waals surface area contributed by atoms with Crippen LogP contribution in [0.4, 0.5) is 15.8 Å². The number of nitrogen functional groups attached to an aromatic ring is 1. The van der Waals surface area contributed by atoms with Gasteiger partial charge in [-0.2, -0.15) is 0 Å². The Labute approximate surface area is 83.8 Å². The molecule has 0 bridgehead atoms. The zero-order valence-corrected chi connectivity index (χ0v) is 8.55. The maximum atomic E-state index is 13.1. The zero-order chi connectivity index (χ0) is 10.7. The second-order valence-electron chi connectivity index (χ2n) is 3.33. The standard InChI is InChI=1S/C11H15FN2/c1-4-5-14(3)11-6-8(2)9(12)7-10(11)13/h4,6-7H,1,5,13H2,2-3H3. The van der Waals surface area contributed by atoms with Gasteiger partial charge in [0.1, 0.15) is 5.82 Å². The van der Waals surface area contributed by atoms with Gasteiger partial charge in [0.05, 0.1) is 11.4 Å². The molecule has 1 aromatic rings. The number of benzene rings is 1. The van der Waals surface area contributed by atoms with Crippen LogP contribution in [-0.2, 0) is 0 Å². The van der Waals surface area contributed by atoms with E-state index < -0.39 is 0 Å². The highest BCUT2D eigenvalue weighted by molar-refractivity contribution is 5.68. The molecule has 2 nitrogen and oxygen atoms in total. The van der Waals surface area contributed by atoms with Crippen molar-refractivity contribution in [1.29, 1.82) is 0 Å². The highest BCUT2D eigenvalue weighted by Gasteiger charge is 2.07. The van der Waals surface area contributed by atoms with Crippen LogP contribution in [0.1, 0.15) is 5.56 Å². The van der Waals surface area contributed by atoms with E-state index in [1.807, 2.05) is 11.9 Å². The van der Waals surface area contributed by atoms with Crippen LogP contribution in [0.3, 0.4) is 0 Å². The molecule has 0 aliphatic carbocycles. The molecule has 0 saturated carbocycles. The van der Waals surface area contributed by atoms with Crippen molar-refractivity contribution in [2.24, 2.45) is 0 Å². The Morgan fingerprint density at radius 1 is 1.57 bits per heavy atom. The van der Waals surface area contributed by atoms with Crippen LogP contribution in [0.25, 0.3) is 0 Å². The molecule has 0 aromatic heterocycles. The molecule has 0 spiro atoms. The van der Waals surface area contributed by atoms with Crippen LogP contribution in [-0.4, -0.2) is 13.6 Å². The van der Waals surface area contributed by atoms with Crippen molar-refractivity contribution in [3.8, 4) is 0 Å². The van der Waals surface area contributed by atoms with Crippen molar-refractivity contribution in [3.05, 3.63) is 36.2 Å². The van der Waals surface area contributed by atoms with E-state index in [0.717, 1.165) is 5.69 Å². The molecule has 14 heavy (non-hydrogen) atoms. The third-order valence-corrected chi connectivity index (χ3v) is 2.12. The molecule has 0 aliphatic rings. The summed E-state index contributed by atoms with van der Waals surface area (Å²) in [6, 6.07) is 3.10. The van der Waals surface area contributed by atoms with Crippen LogP contribution < -0.4 is 10.6 Å². The van der Waals surface area contributed by atoms with Gasteiger partial charge in [-0.25, -0.2) is 4.39 Å². The number of hydrogen-bond donors (Lipinski definition) is 1. The van der Waals surface area contributed by atoms with Gasteiger partial charge in [-0.1, -0.05) is 6.08 Å². The first-order chi connectivity index (χ1) is 6.56. The SMILES string of the molecule is C=CCN(C)c1cc(C)c(F)cc1N. The number of nitrogens with zero attached hydrogens (tertiary/aromatic N) is 1. The zero-order valence-electron chi connectivity index (χ0n) is 8.55. The van der Waals surface area contributed by atoms with Gasteiger partial charge in [-0.15, -0.1) is 6.58 Å². The Morgan fingerprint density at radius 2 is 2.21 bits per heavy atom. The minimum atomic E-state index is -0.266. The summed E-state index contributed by atoms with van der Waals surface area (Å²) in [7, 11) is 1.89. The number of rotatable bonds is 3. The van der Waals surface area contributed by atoms with Crippen molar-refractivity contribution in [2.45, 2.75) is 6.92 Å². The summed E-state index contributed by atoms with van der Waals surface area (Å²) in [5, 5.41) is 0. The number of hydrogen-bond acceptors (Lipinski definition) is 2. The minimum Gasteiger partial charge on any atom is -0.397 e. The largest absolute Gasteiger partial charge is 0.397 e. The van der Waals surface area contributed by atoms with E-state index in [4.69, 9.17) is 5.73 Å². The summed E-state index contributed by atoms with van der Waals surface area (Å²) in [5.74, 6) is -0.266. The second kappa shape index (κ2) is 4.13. The van der Waals surface area contributed by atoms with Crippen LogP contribution in [0.5, 0.6) is 0 Å². The smallest absolute Gasteiger partial charge is 0.128 e. The van der Waals surface area contributed by atoms with E-state index in [9.17, 15) is 4.39 Å². The summed E-state index contributed by atoms with van der Waals surface area (Å²) in [5.41, 5.74) is 7.60. The minimum absolute atomic E-state index is 0.266. The Kier molecular flexibility index (Phi) is 3.12. The predicted molar refractivity (Wildman–Crippen MR) is 59.0 cm³/mol. The summed E-state index contributed by atoms with van der Waals surface area (Å²) >= 11 is 0. The lowest BCUT2D eigenvalue weighted by Gasteiger charge is -2.19. The fourth-order valence-electron chi connectivity index (χ4n) is 1.30. The number of likely N-dealkylation sites (N-methyl/N-ethyl adjacent to an activating group) is 1. The quantitative estimate of drug-likeness (QED) is 0.591. The van der Waals surface area contributed by atoms with E-state index in [0.29, 0.717) is 17.8 Å². The predicted octanol–water partition coefficient (Wildman–Crippen LogP) is 2.34. The van der Waals surface area contributed by atoms with E-state index in [-0.39, 0.29) is 5.82 Å². The van der Waals surface area contributed by atoms with Crippen molar-refractivity contribution >= 4 is 11.4 Å². The maximum Gasteiger partial charge on any atom is 0.128 e. The lowest BCUT2D eigenvalue weighted by atomic mass is 10.1. The molecule has 3 heteroatoms. The van der Waals surface area contributed by atoms with Gasteiger partial charge >= 0.3 is 0 Å². The first-order valence-corrected chi connectivity index (χ1v) is 4.44. The molecule has 0 atom stereocenters. The van der Waals surface area contributed by atoms with Crippen molar-refractivity contribution in [2.75, 3.05) is 24.2 Å². The van der Waals surface area contributed by atoms with Crippen molar-refractivity contribution in [3.63, 3.8) is 0 Å². The molecule has 2 N–H and O–H groups in total. The number of halogens is 1. The van der Waals surface area contributed by atoms with Gasteiger partial charge in [0, 0.05) is 13.6 Å². The number of aryl methyl sites for hydroxylation is 1. The summed E-state index contributed by atoms with van der Waals surface area (Å²) in [6.07, 6.45) is 1.78. The molecule has 0 heterocycles. The Balaban J connectivity index is 3.08. The third-order valence-electron chi connectivity index (χ3n) is 2.12. The van der Waals surface area contributed by atoms with Gasteiger partial charge in [-0.3, -0.25) is 0 Å². The van der Waals surface area contributed by atoms with Crippen molar-refractivity contribution in [1.82, 2.24) is 0 Å². The van der Waals surface area contributed by atoms with E-state index in [1.165, 1.54) is 6.07 Å². The molecule has 0 amide bonds. The molecular weight excluding hydrogens is 179 g/mol. The Bertz CT molecular complexity index is 347. The maximum absolute atomic E-state index is 13.1. The molecule has 76 valence electrons. The van der Waals surface area contributed by atoms with Crippen molar-refractivity contribution < 1.29 is 4.39 Å². The second-order valence-corrected chi connectivity index (χ2v) is 3.33. The molecule has 1 aromatic carbocycles. The summed E-state index contributed by atoms with van der Waals surface area (Å²) in [6.45, 7) is 6.05. The fourth-order valence-corrected chi connectivity index (χ4v) is 1.30. The normalized spacial score (nSPS) is 9.93. The summed E-state index contributed by atoms with van der Waals surface area (Å²) < 4.78 is 13.1. The van der Waals surface area contributed by atoms with E-state index >= 15 is 0 Å². The first kappa shape index (κ1) is 10.6. The highest BCUT2D eigenvalue weighted by Crippen LogP contribution is 2.25. The van der Waals surface area contributed by atoms with Gasteiger partial charge in [0.15, 0.2) is 0 Å². The molecule has 0 unspecified atom stereocenters. The summed E-state index contributed by atoms with van der Waals surface area (Å²) in [4.78, 5) is 1.93. The Morgan fingerprint density at radius 3 is 2.79 bits per heavy atom. The lowest BCUT2D eigenvalue weighted by molar-refractivity contribution is 0.619. The molecule has 0 fully saturated rings. The lowest BCUT2D eigenvalue weighted by Crippen LogP contribution is -2.18. The van der Waals surface area contributed by atoms with E-state index in [2.05, 4.69) is 6.58 Å². The average Bonchev–Trinajstić information content (AvgIpc) is 2.11. The van der Waals surface area contributed by atoms with Crippen LogP contribution in [0, 0.1) is 12.7 Å². The van der Waals surface area contributed by atoms with Gasteiger partial charge in [-0.05, 0) is 24.6 Å². The molecule has 0 aliphatic heterocycles. The number of nitrogens with two attached hydrogens (primary N) is 1. The molecule has 1 rings (SSSR count). The highest BCUT2D eigenvalue weighted by atomic mass is 19.1. The van der Waals surface area contributed by atoms with Crippen LogP contribution in [0.2, 0.25) is 0 Å². The number of anilines is 2. The van der Waals surface area contributed by atoms with Crippen LogP contribution in [0.15, 0.2) is 24.8 Å². The molecule has 0 radical (unpaired) electrons. The fraction of sp³-hybridized carbons (Fsp3) is 0.273. The first-order valence-electron chi connectivity index (χ1n) is 4.44. The third kappa shape index (κ3) is 2.05. The van der Waals surface area contributed by atoms with Gasteiger partial charge in [0.2, 0.25) is 0 Å². The monoisotopic (exact) mass is 194 g/mol.